The Labute approximate surface area is 85.1 Å². The molecule has 0 bridgehead atoms. The second kappa shape index (κ2) is 3.95. The van der Waals surface area contributed by atoms with E-state index in [9.17, 15) is 4.79 Å². The Morgan fingerprint density at radius 2 is 2.07 bits per heavy atom. The van der Waals surface area contributed by atoms with E-state index < -0.39 is 0 Å². The lowest BCUT2D eigenvalue weighted by atomic mass is 9.96. The topological polar surface area (TPSA) is 17.1 Å². The van der Waals surface area contributed by atoms with E-state index in [1.807, 2.05) is 0 Å². The Kier molecular flexibility index (Phi) is 2.67. The Balaban J connectivity index is 2.33. The van der Waals surface area contributed by atoms with Gasteiger partial charge < -0.3 is 4.79 Å². The van der Waals surface area contributed by atoms with E-state index in [-0.39, 0.29) is 0 Å². The van der Waals surface area contributed by atoms with Crippen LogP contribution in [-0.4, -0.2) is 6.29 Å². The van der Waals surface area contributed by atoms with Crippen LogP contribution in [0.25, 0.3) is 0 Å². The highest BCUT2D eigenvalue weighted by molar-refractivity contribution is 5.51. The number of benzene rings is 1. The molecular formula is C13H16O. The average molecular weight is 188 g/mol. The number of hydrogen-bond donors (Lipinski definition) is 0. The molecule has 2 rings (SSSR count). The Bertz CT molecular complexity index is 352. The molecule has 1 aliphatic carbocycles. The third-order valence-corrected chi connectivity index (χ3v) is 3.15. The first kappa shape index (κ1) is 9.45. The van der Waals surface area contributed by atoms with Crippen LogP contribution >= 0.6 is 0 Å². The van der Waals surface area contributed by atoms with Crippen LogP contribution in [0.2, 0.25) is 0 Å². The van der Waals surface area contributed by atoms with Gasteiger partial charge in [0.1, 0.15) is 6.29 Å². The molecule has 1 aromatic carbocycles. The molecule has 1 aliphatic rings. The maximum absolute atomic E-state index is 10.3. The smallest absolute Gasteiger partial charge is 0.120 e. The lowest BCUT2D eigenvalue weighted by molar-refractivity contribution is -0.107. The second-order valence-electron chi connectivity index (χ2n) is 4.06. The fourth-order valence-electron chi connectivity index (χ4n) is 2.41. The van der Waals surface area contributed by atoms with Gasteiger partial charge in [0.2, 0.25) is 0 Å². The van der Waals surface area contributed by atoms with Crippen molar-refractivity contribution in [2.75, 3.05) is 0 Å². The largest absolute Gasteiger partial charge is 0.303 e. The Morgan fingerprint density at radius 3 is 2.86 bits per heavy atom. The van der Waals surface area contributed by atoms with E-state index in [4.69, 9.17) is 0 Å². The van der Waals surface area contributed by atoms with Crippen molar-refractivity contribution < 1.29 is 4.79 Å². The Hall–Kier alpha value is -1.11. The zero-order valence-electron chi connectivity index (χ0n) is 8.68. The molecular weight excluding hydrogens is 172 g/mol. The molecule has 0 spiro atoms. The zero-order valence-corrected chi connectivity index (χ0v) is 8.68. The maximum atomic E-state index is 10.3. The molecule has 1 heteroatoms. The minimum atomic E-state index is 0.662. The second-order valence-corrected chi connectivity index (χ2v) is 4.06. The van der Waals surface area contributed by atoms with Crippen LogP contribution in [0.4, 0.5) is 0 Å². The van der Waals surface area contributed by atoms with Crippen molar-refractivity contribution in [2.24, 2.45) is 0 Å². The summed E-state index contributed by atoms with van der Waals surface area (Å²) in [6.45, 7) is 2.19. The minimum absolute atomic E-state index is 0.662. The summed E-state index contributed by atoms with van der Waals surface area (Å²) in [5.74, 6) is 0. The van der Waals surface area contributed by atoms with Crippen molar-refractivity contribution in [2.45, 2.75) is 39.0 Å². The lowest BCUT2D eigenvalue weighted by Gasteiger charge is -2.09. The Morgan fingerprint density at radius 1 is 1.29 bits per heavy atom. The first-order valence-corrected chi connectivity index (χ1v) is 5.37. The van der Waals surface area contributed by atoms with Crippen LogP contribution in [0.1, 0.15) is 35.1 Å². The number of fused-ring (bicyclic) bond motifs is 1. The van der Waals surface area contributed by atoms with Gasteiger partial charge in [0.25, 0.3) is 0 Å². The van der Waals surface area contributed by atoms with Crippen molar-refractivity contribution in [3.05, 3.63) is 34.4 Å². The molecule has 0 heterocycles. The van der Waals surface area contributed by atoms with E-state index in [1.165, 1.54) is 36.0 Å². The number of aryl methyl sites for hydroxylation is 2. The number of aldehydes is 1. The summed E-state index contributed by atoms with van der Waals surface area (Å²) in [6.07, 6.45) is 6.33. The molecule has 1 aromatic rings. The van der Waals surface area contributed by atoms with Crippen LogP contribution in [0, 0.1) is 6.92 Å². The molecule has 0 fully saturated rings. The first-order valence-electron chi connectivity index (χ1n) is 5.37. The van der Waals surface area contributed by atoms with E-state index in [0.29, 0.717) is 6.42 Å². The van der Waals surface area contributed by atoms with Crippen LogP contribution in [-0.2, 0) is 24.1 Å². The first-order chi connectivity index (χ1) is 6.83. The molecule has 0 saturated heterocycles. The predicted octanol–water partition coefficient (Wildman–Crippen LogP) is 2.62. The molecule has 1 nitrogen and oxygen atoms in total. The number of carbonyl (C=O) groups excluding carboxylic acids is 1. The van der Waals surface area contributed by atoms with Gasteiger partial charge in [0.05, 0.1) is 0 Å². The summed E-state index contributed by atoms with van der Waals surface area (Å²) in [6, 6.07) is 4.40. The zero-order chi connectivity index (χ0) is 9.97. The highest BCUT2D eigenvalue weighted by atomic mass is 16.1. The third-order valence-electron chi connectivity index (χ3n) is 3.15. The van der Waals surface area contributed by atoms with Gasteiger partial charge in [-0.15, -0.1) is 0 Å². The van der Waals surface area contributed by atoms with Gasteiger partial charge in [-0.3, -0.25) is 0 Å². The predicted molar refractivity (Wildman–Crippen MR) is 57.6 cm³/mol. The molecule has 0 saturated carbocycles. The summed E-state index contributed by atoms with van der Waals surface area (Å²) in [5, 5.41) is 0. The van der Waals surface area contributed by atoms with Crippen molar-refractivity contribution in [3.63, 3.8) is 0 Å². The van der Waals surface area contributed by atoms with E-state index in [0.717, 1.165) is 12.7 Å². The number of carbonyl (C=O) groups is 1. The van der Waals surface area contributed by atoms with Crippen molar-refractivity contribution in [3.8, 4) is 0 Å². The molecule has 0 aromatic heterocycles. The monoisotopic (exact) mass is 188 g/mol. The van der Waals surface area contributed by atoms with Gasteiger partial charge in [-0.2, -0.15) is 0 Å². The van der Waals surface area contributed by atoms with Gasteiger partial charge in [-0.05, 0) is 54.9 Å². The maximum Gasteiger partial charge on any atom is 0.120 e. The molecule has 0 amide bonds. The summed E-state index contributed by atoms with van der Waals surface area (Å²) in [7, 11) is 0. The van der Waals surface area contributed by atoms with Crippen LogP contribution < -0.4 is 0 Å². The quantitative estimate of drug-likeness (QED) is 0.666. The summed E-state index contributed by atoms with van der Waals surface area (Å²) in [4.78, 5) is 10.3. The molecule has 0 aliphatic heterocycles. The van der Waals surface area contributed by atoms with E-state index >= 15 is 0 Å². The minimum Gasteiger partial charge on any atom is -0.303 e. The van der Waals surface area contributed by atoms with Gasteiger partial charge in [-0.1, -0.05) is 12.1 Å². The van der Waals surface area contributed by atoms with Crippen molar-refractivity contribution in [1.82, 2.24) is 0 Å². The fourth-order valence-corrected chi connectivity index (χ4v) is 2.41. The van der Waals surface area contributed by atoms with Gasteiger partial charge in [-0.25, -0.2) is 0 Å². The summed E-state index contributed by atoms with van der Waals surface area (Å²) in [5.41, 5.74) is 5.91. The SMILES string of the molecule is Cc1ccc(CCC=O)c2c1CCC2. The third kappa shape index (κ3) is 1.59. The summed E-state index contributed by atoms with van der Waals surface area (Å²) < 4.78 is 0. The molecule has 0 unspecified atom stereocenters. The molecule has 14 heavy (non-hydrogen) atoms. The number of rotatable bonds is 3. The highest BCUT2D eigenvalue weighted by Crippen LogP contribution is 2.28. The normalized spacial score (nSPS) is 14.1. The average Bonchev–Trinajstić information content (AvgIpc) is 2.66. The summed E-state index contributed by atoms with van der Waals surface area (Å²) >= 11 is 0. The van der Waals surface area contributed by atoms with Crippen LogP contribution in [0.15, 0.2) is 12.1 Å². The molecule has 74 valence electrons. The molecule has 0 radical (unpaired) electrons. The molecule has 0 atom stereocenters. The highest BCUT2D eigenvalue weighted by Gasteiger charge is 2.15. The fraction of sp³-hybridized carbons (Fsp3) is 0.462. The van der Waals surface area contributed by atoms with Crippen LogP contribution in [0.3, 0.4) is 0 Å². The van der Waals surface area contributed by atoms with Gasteiger partial charge in [0, 0.05) is 6.42 Å². The van der Waals surface area contributed by atoms with Gasteiger partial charge in [0.15, 0.2) is 0 Å². The molecule has 0 N–H and O–H groups in total. The van der Waals surface area contributed by atoms with Crippen LogP contribution in [0.5, 0.6) is 0 Å². The van der Waals surface area contributed by atoms with Crippen molar-refractivity contribution >= 4 is 6.29 Å². The standard InChI is InChI=1S/C13H16O/c1-10-7-8-11(4-3-9-14)13-6-2-5-12(10)13/h7-9H,2-6H2,1H3. The van der Waals surface area contributed by atoms with Crippen molar-refractivity contribution in [1.29, 1.82) is 0 Å². The number of hydrogen-bond acceptors (Lipinski definition) is 1. The van der Waals surface area contributed by atoms with E-state index in [1.54, 1.807) is 5.56 Å². The van der Waals surface area contributed by atoms with Gasteiger partial charge >= 0.3 is 0 Å². The van der Waals surface area contributed by atoms with E-state index in [2.05, 4.69) is 19.1 Å². The lowest BCUT2D eigenvalue weighted by Crippen LogP contribution is -1.96.